The second-order valence-corrected chi connectivity index (χ2v) is 6.33. The van der Waals surface area contributed by atoms with E-state index < -0.39 is 0 Å². The molecule has 0 aliphatic rings. The molecule has 0 unspecified atom stereocenters. The van der Waals surface area contributed by atoms with Crippen molar-refractivity contribution in [2.75, 3.05) is 36.1 Å². The predicted molar refractivity (Wildman–Crippen MR) is 107 cm³/mol. The molecule has 26 heavy (non-hydrogen) atoms. The van der Waals surface area contributed by atoms with Gasteiger partial charge in [0.2, 0.25) is 5.95 Å². The number of hydrogen-bond acceptors (Lipinski definition) is 5. The molecule has 0 bridgehead atoms. The number of amides is 2. The molecule has 1 aromatic carbocycles. The molecule has 0 radical (unpaired) electrons. The maximum Gasteiger partial charge on any atom is 0.326 e. The molecule has 0 atom stereocenters. The van der Waals surface area contributed by atoms with Gasteiger partial charge < -0.3 is 16.0 Å². The number of benzene rings is 1. The minimum atomic E-state index is -0.362. The molecule has 0 aliphatic carbocycles. The van der Waals surface area contributed by atoms with Gasteiger partial charge in [-0.05, 0) is 70.5 Å². The van der Waals surface area contributed by atoms with Crippen molar-refractivity contribution in [3.8, 4) is 0 Å². The Balaban J connectivity index is 1.93. The van der Waals surface area contributed by atoms with Crippen molar-refractivity contribution in [2.24, 2.45) is 0 Å². The molecule has 0 spiro atoms. The van der Waals surface area contributed by atoms with Gasteiger partial charge in [-0.1, -0.05) is 6.07 Å². The molecule has 7 nitrogen and oxygen atoms in total. The molecule has 2 amide bonds. The molecule has 0 saturated carbocycles. The van der Waals surface area contributed by atoms with E-state index in [0.29, 0.717) is 5.82 Å². The third kappa shape index (κ3) is 6.33. The molecule has 0 fully saturated rings. The van der Waals surface area contributed by atoms with E-state index in [1.165, 1.54) is 5.56 Å². The number of urea groups is 1. The van der Waals surface area contributed by atoms with Crippen LogP contribution in [0, 0.1) is 20.8 Å². The zero-order valence-corrected chi connectivity index (χ0v) is 15.9. The van der Waals surface area contributed by atoms with Crippen LogP contribution in [0.5, 0.6) is 0 Å². The summed E-state index contributed by atoms with van der Waals surface area (Å²) in [5.41, 5.74) is 3.84. The molecule has 0 aliphatic heterocycles. The number of unbranched alkanes of at least 4 members (excludes halogenated alkanes) is 1. The first-order valence-corrected chi connectivity index (χ1v) is 8.87. The van der Waals surface area contributed by atoms with E-state index in [2.05, 4.69) is 31.2 Å². The number of carbonyl (C=O) groups is 1. The Hall–Kier alpha value is -2.67. The molecule has 2 rings (SSSR count). The van der Waals surface area contributed by atoms with Gasteiger partial charge in [0.1, 0.15) is 5.82 Å². The van der Waals surface area contributed by atoms with E-state index in [1.807, 2.05) is 52.1 Å². The number of aryl methyl sites for hydroxylation is 3. The van der Waals surface area contributed by atoms with Crippen LogP contribution < -0.4 is 21.3 Å². The minimum absolute atomic E-state index is 0.282. The zero-order valence-electron chi connectivity index (χ0n) is 15.9. The molecule has 1 heterocycles. The highest BCUT2D eigenvalue weighted by Gasteiger charge is 2.08. The fraction of sp³-hybridized carbons (Fsp3) is 0.421. The smallest absolute Gasteiger partial charge is 0.326 e. The summed E-state index contributed by atoms with van der Waals surface area (Å²) in [4.78, 5) is 20.8. The van der Waals surface area contributed by atoms with E-state index in [9.17, 15) is 4.79 Å². The van der Waals surface area contributed by atoms with E-state index in [4.69, 9.17) is 0 Å². The fourth-order valence-electron chi connectivity index (χ4n) is 2.44. The number of anilines is 3. The van der Waals surface area contributed by atoms with Gasteiger partial charge in [-0.25, -0.2) is 9.78 Å². The average Bonchev–Trinajstić information content (AvgIpc) is 2.57. The van der Waals surface area contributed by atoms with Gasteiger partial charge >= 0.3 is 6.03 Å². The van der Waals surface area contributed by atoms with Crippen LogP contribution in [0.1, 0.15) is 29.7 Å². The number of nitrogens with zero attached hydrogens (tertiary/aromatic N) is 2. The van der Waals surface area contributed by atoms with Crippen LogP contribution >= 0.6 is 0 Å². The molecule has 140 valence electrons. The van der Waals surface area contributed by atoms with E-state index in [1.54, 1.807) is 0 Å². The van der Waals surface area contributed by atoms with Gasteiger partial charge in [-0.15, -0.1) is 0 Å². The summed E-state index contributed by atoms with van der Waals surface area (Å²) in [5.74, 6) is 0.993. The summed E-state index contributed by atoms with van der Waals surface area (Å²) in [6.45, 7) is 7.74. The predicted octanol–water partition coefficient (Wildman–Crippen LogP) is 3.46. The summed E-state index contributed by atoms with van der Waals surface area (Å²) >= 11 is 0. The number of hydrogen-bond donors (Lipinski definition) is 4. The quantitative estimate of drug-likeness (QED) is 0.544. The Morgan fingerprint density at radius 1 is 0.962 bits per heavy atom. The first kappa shape index (κ1) is 19.7. The normalized spacial score (nSPS) is 10.5. The zero-order chi connectivity index (χ0) is 18.9. The topological polar surface area (TPSA) is 91.0 Å². The highest BCUT2D eigenvalue weighted by atomic mass is 16.2. The second kappa shape index (κ2) is 9.72. The lowest BCUT2D eigenvalue weighted by molar-refractivity contribution is 0.262. The van der Waals surface area contributed by atoms with Crippen molar-refractivity contribution >= 4 is 23.5 Å². The summed E-state index contributed by atoms with van der Waals surface area (Å²) in [6, 6.07) is 7.29. The van der Waals surface area contributed by atoms with Crippen molar-refractivity contribution in [1.82, 2.24) is 15.3 Å². The molecule has 1 aromatic heterocycles. The second-order valence-electron chi connectivity index (χ2n) is 6.33. The van der Waals surface area contributed by atoms with Crippen LogP contribution in [0.3, 0.4) is 0 Å². The molecule has 4 N–H and O–H groups in total. The maximum absolute atomic E-state index is 12.2. The fourth-order valence-corrected chi connectivity index (χ4v) is 2.44. The SMILES string of the molecule is CNCCCCNc1cc(C)nc(NC(=O)Nc2ccc(C)c(C)c2)n1. The Labute approximate surface area is 155 Å². The largest absolute Gasteiger partial charge is 0.370 e. The Kier molecular flexibility index (Phi) is 7.35. The monoisotopic (exact) mass is 356 g/mol. The number of rotatable bonds is 8. The van der Waals surface area contributed by atoms with Gasteiger partial charge in [-0.3, -0.25) is 5.32 Å². The Morgan fingerprint density at radius 3 is 2.46 bits per heavy atom. The summed E-state index contributed by atoms with van der Waals surface area (Å²) in [6.07, 6.45) is 2.14. The number of aromatic nitrogens is 2. The van der Waals surface area contributed by atoms with Crippen LogP contribution in [0.2, 0.25) is 0 Å². The van der Waals surface area contributed by atoms with E-state index in [0.717, 1.165) is 42.9 Å². The van der Waals surface area contributed by atoms with E-state index in [-0.39, 0.29) is 12.0 Å². The number of carbonyl (C=O) groups excluding carboxylic acids is 1. The van der Waals surface area contributed by atoms with Gasteiger partial charge in [-0.2, -0.15) is 4.98 Å². The standard InChI is InChI=1S/C19H28N6O/c1-13-7-8-16(11-14(13)2)23-19(26)25-18-22-15(3)12-17(24-18)21-10-6-5-9-20-4/h7-8,11-12,20H,5-6,9-10H2,1-4H3,(H3,21,22,23,24,25,26). The van der Waals surface area contributed by atoms with E-state index >= 15 is 0 Å². The van der Waals surface area contributed by atoms with Crippen LogP contribution in [0.15, 0.2) is 24.3 Å². The van der Waals surface area contributed by atoms with Crippen LogP contribution in [-0.4, -0.2) is 36.1 Å². The molecular formula is C19H28N6O. The van der Waals surface area contributed by atoms with Crippen molar-refractivity contribution in [1.29, 1.82) is 0 Å². The lowest BCUT2D eigenvalue weighted by Crippen LogP contribution is -2.21. The lowest BCUT2D eigenvalue weighted by Gasteiger charge is -2.11. The van der Waals surface area contributed by atoms with Crippen molar-refractivity contribution in [3.05, 3.63) is 41.1 Å². The third-order valence-corrected chi connectivity index (χ3v) is 4.00. The van der Waals surface area contributed by atoms with Crippen LogP contribution in [0.25, 0.3) is 0 Å². The van der Waals surface area contributed by atoms with Crippen molar-refractivity contribution < 1.29 is 4.79 Å². The summed E-state index contributed by atoms with van der Waals surface area (Å²) < 4.78 is 0. The first-order valence-electron chi connectivity index (χ1n) is 8.87. The van der Waals surface area contributed by atoms with Gasteiger partial charge in [0.25, 0.3) is 0 Å². The molecule has 2 aromatic rings. The Morgan fingerprint density at radius 2 is 1.73 bits per heavy atom. The van der Waals surface area contributed by atoms with Crippen LogP contribution in [0.4, 0.5) is 22.2 Å². The van der Waals surface area contributed by atoms with Gasteiger partial charge in [0.05, 0.1) is 0 Å². The maximum atomic E-state index is 12.2. The third-order valence-electron chi connectivity index (χ3n) is 4.00. The minimum Gasteiger partial charge on any atom is -0.370 e. The van der Waals surface area contributed by atoms with Gasteiger partial charge in [0.15, 0.2) is 0 Å². The van der Waals surface area contributed by atoms with Crippen LogP contribution in [-0.2, 0) is 0 Å². The molecule has 7 heteroatoms. The summed E-state index contributed by atoms with van der Waals surface area (Å²) in [7, 11) is 1.95. The lowest BCUT2D eigenvalue weighted by atomic mass is 10.1. The summed E-state index contributed by atoms with van der Waals surface area (Å²) in [5, 5.41) is 11.9. The average molecular weight is 356 g/mol. The highest BCUT2D eigenvalue weighted by molar-refractivity contribution is 5.98. The van der Waals surface area contributed by atoms with Gasteiger partial charge in [0, 0.05) is 24.0 Å². The highest BCUT2D eigenvalue weighted by Crippen LogP contribution is 2.15. The molecule has 0 saturated heterocycles. The number of nitrogens with one attached hydrogen (secondary N) is 4. The van der Waals surface area contributed by atoms with Crippen molar-refractivity contribution in [2.45, 2.75) is 33.6 Å². The van der Waals surface area contributed by atoms with Crippen molar-refractivity contribution in [3.63, 3.8) is 0 Å². The first-order chi connectivity index (χ1) is 12.5. The molecular weight excluding hydrogens is 328 g/mol. The Bertz CT molecular complexity index is 747.